The summed E-state index contributed by atoms with van der Waals surface area (Å²) in [7, 11) is -4.23. The lowest BCUT2D eigenvalue weighted by Crippen LogP contribution is -2.66. The summed E-state index contributed by atoms with van der Waals surface area (Å²) in [5.41, 5.74) is -0.947. The summed E-state index contributed by atoms with van der Waals surface area (Å²) in [6, 6.07) is 0. The molecule has 0 aliphatic carbocycles. The van der Waals surface area contributed by atoms with Crippen molar-refractivity contribution in [3.05, 3.63) is 6.33 Å². The minimum absolute atomic E-state index is 0.00217. The van der Waals surface area contributed by atoms with Crippen LogP contribution in [0.5, 0.6) is 0 Å². The van der Waals surface area contributed by atoms with Gasteiger partial charge >= 0.3 is 23.2 Å². The number of hydrogen-bond donors (Lipinski definition) is 2. The van der Waals surface area contributed by atoms with E-state index in [1.54, 1.807) is 11.6 Å². The monoisotopic (exact) mass is 668 g/mol. The third-order valence-electron chi connectivity index (χ3n) is 9.11. The summed E-state index contributed by atoms with van der Waals surface area (Å²) in [4.78, 5) is 25.9. The predicted molar refractivity (Wildman–Crippen MR) is 177 cm³/mol. The van der Waals surface area contributed by atoms with Crippen LogP contribution < -0.4 is 10.6 Å². The number of nitrogens with one attached hydrogen (secondary N) is 2. The molecule has 2 fully saturated rings. The van der Waals surface area contributed by atoms with Crippen molar-refractivity contribution in [1.82, 2.24) is 19.5 Å². The van der Waals surface area contributed by atoms with E-state index in [0.29, 0.717) is 23.6 Å². The summed E-state index contributed by atoms with van der Waals surface area (Å²) in [5, 5.41) is 5.59. The minimum atomic E-state index is -3.09. The van der Waals surface area contributed by atoms with Gasteiger partial charge in [0.2, 0.25) is 5.95 Å². The molecule has 2 aliphatic rings. The average molecular weight is 669 g/mol. The second kappa shape index (κ2) is 13.9. The Morgan fingerprint density at radius 3 is 2.31 bits per heavy atom. The Hall–Kier alpha value is -2.18. The predicted octanol–water partition coefficient (Wildman–Crippen LogP) is 7.19. The molecule has 2 aliphatic heterocycles. The summed E-state index contributed by atoms with van der Waals surface area (Å²) < 4.78 is 51.8. The maximum atomic E-state index is 17.4. The number of halogens is 1. The number of carbonyl (C=O) groups excluding carboxylic acids is 1. The number of anilines is 2. The lowest BCUT2D eigenvalue weighted by molar-refractivity contribution is -0.0594. The molecule has 4 rings (SSSR count). The van der Waals surface area contributed by atoms with Gasteiger partial charge in [-0.1, -0.05) is 75.2 Å². The summed E-state index contributed by atoms with van der Waals surface area (Å²) >= 11 is 0. The van der Waals surface area contributed by atoms with Gasteiger partial charge in [0.05, 0.1) is 19.5 Å². The number of hydrogen-bond acceptors (Lipinski definition) is 10. The fraction of sp³-hybridized carbons (Fsp3) is 0.800. The van der Waals surface area contributed by atoms with Crippen LogP contribution in [0.4, 0.5) is 21.0 Å². The Balaban J connectivity index is 1.74. The third kappa shape index (κ3) is 6.66. The lowest BCUT2D eigenvalue weighted by atomic mass is 9.98. The second-order valence-electron chi connectivity index (χ2n) is 13.6. The van der Waals surface area contributed by atoms with E-state index in [1.165, 1.54) is 13.3 Å². The Labute approximate surface area is 269 Å². The topological polar surface area (TPSA) is 131 Å². The molecule has 15 heteroatoms. The van der Waals surface area contributed by atoms with Gasteiger partial charge in [-0.25, -0.2) is 14.2 Å². The highest BCUT2D eigenvalue weighted by Gasteiger charge is 2.65. The number of fused-ring (bicyclic) bond motifs is 2. The molecule has 45 heavy (non-hydrogen) atoms. The molecule has 1 amide bonds. The highest BCUT2D eigenvalue weighted by molar-refractivity contribution is 6.84. The van der Waals surface area contributed by atoms with Gasteiger partial charge in [-0.3, -0.25) is 9.88 Å². The minimum Gasteiger partial charge on any atom is -0.449 e. The number of unbranched alkanes of at least 4 members (excludes halogenated alkanes) is 2. The van der Waals surface area contributed by atoms with Crippen molar-refractivity contribution in [3.63, 3.8) is 0 Å². The van der Waals surface area contributed by atoms with Gasteiger partial charge in [-0.05, 0) is 35.5 Å². The van der Waals surface area contributed by atoms with Crippen molar-refractivity contribution in [1.29, 1.82) is 0 Å². The van der Waals surface area contributed by atoms with E-state index in [2.05, 4.69) is 87.9 Å². The van der Waals surface area contributed by atoms with Gasteiger partial charge in [0.15, 0.2) is 28.9 Å². The first-order chi connectivity index (χ1) is 21.1. The molecule has 0 unspecified atom stereocenters. The molecule has 254 valence electrons. The van der Waals surface area contributed by atoms with E-state index >= 15 is 4.39 Å². The molecule has 4 heterocycles. The van der Waals surface area contributed by atoms with Crippen LogP contribution in [0.15, 0.2) is 6.33 Å². The molecule has 0 bridgehead atoms. The highest BCUT2D eigenvalue weighted by atomic mass is 28.5. The van der Waals surface area contributed by atoms with Gasteiger partial charge in [0.25, 0.3) is 0 Å². The smallest absolute Gasteiger partial charge is 0.414 e. The number of aromatic nitrogens is 4. The SMILES string of the molecule is CCCCCOC(=O)Nc1nc(NC)c2ncn([C@@H]3O[C@@H]4CO[Si](C(C)C)(C(C)C)O[Si](C(C)C)(C(C)C)O[C@H]4[C@@]3(C)F)c2n1. The first-order valence-electron chi connectivity index (χ1n) is 16.4. The van der Waals surface area contributed by atoms with Crippen LogP contribution in [0.3, 0.4) is 0 Å². The second-order valence-corrected chi connectivity index (χ2v) is 22.5. The van der Waals surface area contributed by atoms with Crippen molar-refractivity contribution < 1.29 is 31.6 Å². The third-order valence-corrected chi connectivity index (χ3v) is 19.3. The van der Waals surface area contributed by atoms with Crippen molar-refractivity contribution in [2.75, 3.05) is 30.9 Å². The summed E-state index contributed by atoms with van der Waals surface area (Å²) in [6.07, 6.45) is 0.768. The molecule has 2 aromatic rings. The number of amides is 1. The Morgan fingerprint density at radius 1 is 1.09 bits per heavy atom. The van der Waals surface area contributed by atoms with E-state index in [-0.39, 0.29) is 34.7 Å². The van der Waals surface area contributed by atoms with Gasteiger partial charge in [-0.15, -0.1) is 0 Å². The van der Waals surface area contributed by atoms with Crippen LogP contribution in [0.1, 0.15) is 94.7 Å². The summed E-state index contributed by atoms with van der Waals surface area (Å²) in [5.74, 6) is 0.371. The van der Waals surface area contributed by atoms with Gasteiger partial charge in [0.1, 0.15) is 12.2 Å². The first-order valence-corrected chi connectivity index (χ1v) is 20.3. The zero-order valence-electron chi connectivity index (χ0n) is 28.8. The fourth-order valence-corrected chi connectivity index (χ4v) is 17.9. The Bertz CT molecular complexity index is 1310. The normalized spacial score (nSPS) is 26.4. The fourth-order valence-electron chi connectivity index (χ4n) is 6.62. The van der Waals surface area contributed by atoms with E-state index in [4.69, 9.17) is 22.4 Å². The van der Waals surface area contributed by atoms with Crippen LogP contribution in [-0.2, 0) is 22.4 Å². The molecule has 2 N–H and O–H groups in total. The molecule has 2 aromatic heterocycles. The quantitative estimate of drug-likeness (QED) is 0.187. The number of rotatable bonds is 11. The molecular formula is C30H53FN6O6Si2. The van der Waals surface area contributed by atoms with E-state index in [9.17, 15) is 4.79 Å². The van der Waals surface area contributed by atoms with Crippen LogP contribution in [0, 0.1) is 0 Å². The van der Waals surface area contributed by atoms with E-state index in [1.807, 2.05) is 0 Å². The van der Waals surface area contributed by atoms with Crippen LogP contribution in [0.25, 0.3) is 11.2 Å². The largest absolute Gasteiger partial charge is 0.449 e. The maximum absolute atomic E-state index is 17.4. The average Bonchev–Trinajstić information content (AvgIpc) is 3.47. The number of nitrogens with zero attached hydrogens (tertiary/aromatic N) is 4. The maximum Gasteiger partial charge on any atom is 0.414 e. The molecule has 4 atom stereocenters. The molecule has 0 saturated carbocycles. The molecule has 12 nitrogen and oxygen atoms in total. The standard InChI is InChI=1S/C30H53FN6O6Si2/c1-12-13-14-15-39-29(38)36-28-34-25(32-11)23-26(35-28)37(17-33-23)27-30(10,31)24-22(41-27)16-40-44(18(2)3,19(4)5)43-45(42-24,20(6)7)21(8)9/h17-22,24,27H,12-16H2,1-11H3,(H2,32,34,35,36,38)/t22-,24-,27-,30-/m1/s1. The molecular weight excluding hydrogens is 616 g/mol. The zero-order valence-corrected chi connectivity index (χ0v) is 30.8. The Kier molecular flexibility index (Phi) is 11.0. The van der Waals surface area contributed by atoms with E-state index < -0.39 is 47.3 Å². The van der Waals surface area contributed by atoms with Gasteiger partial charge in [0, 0.05) is 7.05 Å². The van der Waals surface area contributed by atoms with Gasteiger partial charge in [-0.2, -0.15) is 9.97 Å². The van der Waals surface area contributed by atoms with Crippen LogP contribution in [0.2, 0.25) is 22.2 Å². The number of imidazole rings is 1. The Morgan fingerprint density at radius 2 is 1.73 bits per heavy atom. The highest BCUT2D eigenvalue weighted by Crippen LogP contribution is 2.52. The van der Waals surface area contributed by atoms with Crippen molar-refractivity contribution >= 4 is 46.1 Å². The lowest BCUT2D eigenvalue weighted by Gasteiger charge is -2.51. The zero-order chi connectivity index (χ0) is 33.3. The first kappa shape index (κ1) is 35.7. The number of carbonyl (C=O) groups is 1. The molecule has 0 aromatic carbocycles. The molecule has 2 saturated heterocycles. The summed E-state index contributed by atoms with van der Waals surface area (Å²) in [6.45, 7) is 21.0. The van der Waals surface area contributed by atoms with Crippen molar-refractivity contribution in [3.8, 4) is 0 Å². The van der Waals surface area contributed by atoms with Crippen molar-refractivity contribution in [2.24, 2.45) is 0 Å². The molecule has 0 radical (unpaired) electrons. The molecule has 0 spiro atoms. The van der Waals surface area contributed by atoms with Crippen LogP contribution >= 0.6 is 0 Å². The van der Waals surface area contributed by atoms with E-state index in [0.717, 1.165) is 19.3 Å². The van der Waals surface area contributed by atoms with Crippen LogP contribution in [-0.4, -0.2) is 80.9 Å². The van der Waals surface area contributed by atoms with Gasteiger partial charge < -0.3 is 27.8 Å². The number of alkyl halides is 1. The number of ether oxygens (including phenoxy) is 2. The van der Waals surface area contributed by atoms with Crippen molar-refractivity contribution in [2.45, 2.75) is 135 Å².